The van der Waals surface area contributed by atoms with Crippen LogP contribution in [0.1, 0.15) is 60.8 Å². The molecule has 0 saturated carbocycles. The molecule has 0 aliphatic carbocycles. The van der Waals surface area contributed by atoms with Crippen LogP contribution in [0.25, 0.3) is 0 Å². The quantitative estimate of drug-likeness (QED) is 0.703. The first-order chi connectivity index (χ1) is 8.61. The number of hydrogen-bond donors (Lipinski definition) is 0. The number of likely N-dealkylation sites (tertiary alicyclic amines) is 2. The van der Waals surface area contributed by atoms with E-state index in [1.54, 1.807) is 0 Å². The molecule has 0 unspecified atom stereocenters. The minimum Gasteiger partial charge on any atom is -0.306 e. The van der Waals surface area contributed by atoms with Crippen molar-refractivity contribution in [1.29, 1.82) is 0 Å². The van der Waals surface area contributed by atoms with Crippen molar-refractivity contribution < 1.29 is 0 Å². The van der Waals surface area contributed by atoms with E-state index in [0.29, 0.717) is 5.41 Å². The Morgan fingerprint density at radius 3 is 1.67 bits per heavy atom. The highest BCUT2D eigenvalue weighted by atomic mass is 15.2. The van der Waals surface area contributed by atoms with Gasteiger partial charge in [-0.15, -0.1) is 0 Å². The lowest BCUT2D eigenvalue weighted by atomic mass is 9.78. The van der Waals surface area contributed by atoms with Gasteiger partial charge >= 0.3 is 0 Å². The van der Waals surface area contributed by atoms with Crippen LogP contribution < -0.4 is 0 Å². The third-order valence-corrected chi connectivity index (χ3v) is 4.25. The average Bonchev–Trinajstić information content (AvgIpc) is 2.83. The van der Waals surface area contributed by atoms with Gasteiger partial charge in [-0.3, -0.25) is 0 Å². The highest BCUT2D eigenvalue weighted by molar-refractivity contribution is 4.94. The first kappa shape index (κ1) is 17.9. The van der Waals surface area contributed by atoms with E-state index in [2.05, 4.69) is 30.7 Å². The van der Waals surface area contributed by atoms with Gasteiger partial charge in [0.05, 0.1) is 0 Å². The predicted octanol–water partition coefficient (Wildman–Crippen LogP) is 3.86. The monoisotopic (exact) mass is 256 g/mol. The van der Waals surface area contributed by atoms with E-state index in [1.165, 1.54) is 45.4 Å². The molecule has 2 saturated heterocycles. The van der Waals surface area contributed by atoms with E-state index in [-0.39, 0.29) is 0 Å². The minimum absolute atomic E-state index is 0.691. The van der Waals surface area contributed by atoms with E-state index >= 15 is 0 Å². The van der Waals surface area contributed by atoms with Crippen LogP contribution in [0.4, 0.5) is 0 Å². The molecule has 110 valence electrons. The van der Waals surface area contributed by atoms with E-state index in [1.807, 2.05) is 27.7 Å². The zero-order chi connectivity index (χ0) is 14.2. The summed E-state index contributed by atoms with van der Waals surface area (Å²) in [5, 5.41) is 0. The molecule has 1 spiro atoms. The molecule has 2 fully saturated rings. The van der Waals surface area contributed by atoms with Crippen molar-refractivity contribution in [1.82, 2.24) is 9.80 Å². The van der Waals surface area contributed by atoms with Crippen molar-refractivity contribution in [2.24, 2.45) is 5.41 Å². The van der Waals surface area contributed by atoms with Crippen LogP contribution in [0.15, 0.2) is 0 Å². The predicted molar refractivity (Wildman–Crippen MR) is 83.2 cm³/mol. The fourth-order valence-corrected chi connectivity index (χ4v) is 2.91. The third kappa shape index (κ3) is 4.89. The van der Waals surface area contributed by atoms with Gasteiger partial charge in [0.2, 0.25) is 0 Å². The standard InChI is InChI=1S/C12H24N2.2C2H6/c1-11(2)14-9-6-12(10-14)4-7-13(3)8-5-12;2*1-2/h11H,4-10H2,1-3H3;2*1-2H3. The molecule has 0 aromatic carbocycles. The fraction of sp³-hybridized carbons (Fsp3) is 1.00. The average molecular weight is 256 g/mol. The molecule has 0 aromatic rings. The van der Waals surface area contributed by atoms with Gasteiger partial charge in [-0.2, -0.15) is 0 Å². The van der Waals surface area contributed by atoms with Crippen LogP contribution in [0.3, 0.4) is 0 Å². The van der Waals surface area contributed by atoms with Gasteiger partial charge in [-0.05, 0) is 65.2 Å². The molecule has 2 rings (SSSR count). The van der Waals surface area contributed by atoms with Crippen LogP contribution in [-0.2, 0) is 0 Å². The Balaban J connectivity index is 0.000000659. The molecule has 0 N–H and O–H groups in total. The maximum absolute atomic E-state index is 2.66. The number of nitrogens with zero attached hydrogens (tertiary/aromatic N) is 2. The van der Waals surface area contributed by atoms with Crippen molar-refractivity contribution >= 4 is 0 Å². The minimum atomic E-state index is 0.691. The van der Waals surface area contributed by atoms with Crippen LogP contribution in [0.5, 0.6) is 0 Å². The van der Waals surface area contributed by atoms with Crippen LogP contribution in [0, 0.1) is 5.41 Å². The second-order valence-corrected chi connectivity index (χ2v) is 5.62. The summed E-state index contributed by atoms with van der Waals surface area (Å²) in [6.45, 7) is 18.0. The van der Waals surface area contributed by atoms with E-state index in [4.69, 9.17) is 0 Å². The van der Waals surface area contributed by atoms with Gasteiger partial charge in [0.15, 0.2) is 0 Å². The lowest BCUT2D eigenvalue weighted by Crippen LogP contribution is -2.40. The Morgan fingerprint density at radius 2 is 1.28 bits per heavy atom. The van der Waals surface area contributed by atoms with Gasteiger partial charge in [0.1, 0.15) is 0 Å². The number of rotatable bonds is 1. The van der Waals surface area contributed by atoms with E-state index < -0.39 is 0 Å². The van der Waals surface area contributed by atoms with E-state index in [9.17, 15) is 0 Å². The van der Waals surface area contributed by atoms with Crippen LogP contribution >= 0.6 is 0 Å². The first-order valence-electron chi connectivity index (χ1n) is 8.04. The normalized spacial score (nSPS) is 23.3. The number of piperidine rings is 1. The van der Waals surface area contributed by atoms with Gasteiger partial charge in [-0.25, -0.2) is 0 Å². The molecular formula is C16H36N2. The van der Waals surface area contributed by atoms with Gasteiger partial charge in [-0.1, -0.05) is 27.7 Å². The van der Waals surface area contributed by atoms with Gasteiger partial charge < -0.3 is 9.80 Å². The smallest absolute Gasteiger partial charge is 0.00421 e. The highest BCUT2D eigenvalue weighted by Gasteiger charge is 2.40. The molecular weight excluding hydrogens is 220 g/mol. The highest BCUT2D eigenvalue weighted by Crippen LogP contribution is 2.40. The lowest BCUT2D eigenvalue weighted by molar-refractivity contribution is 0.120. The van der Waals surface area contributed by atoms with Crippen molar-refractivity contribution in [3.8, 4) is 0 Å². The Hall–Kier alpha value is -0.0800. The SMILES string of the molecule is CC.CC.CC(C)N1CCC2(CCN(C)CC2)C1. The summed E-state index contributed by atoms with van der Waals surface area (Å²) in [7, 11) is 2.25. The molecule has 2 aliphatic heterocycles. The summed E-state index contributed by atoms with van der Waals surface area (Å²) < 4.78 is 0. The Labute approximate surface area is 116 Å². The zero-order valence-electron chi connectivity index (χ0n) is 13.9. The second kappa shape index (κ2) is 8.92. The van der Waals surface area contributed by atoms with E-state index in [0.717, 1.165) is 6.04 Å². The molecule has 0 radical (unpaired) electrons. The van der Waals surface area contributed by atoms with Gasteiger partial charge in [0.25, 0.3) is 0 Å². The molecule has 2 aliphatic rings. The topological polar surface area (TPSA) is 6.48 Å². The van der Waals surface area contributed by atoms with Crippen molar-refractivity contribution in [3.05, 3.63) is 0 Å². The molecule has 0 bridgehead atoms. The molecule has 0 atom stereocenters. The zero-order valence-corrected chi connectivity index (χ0v) is 13.9. The largest absolute Gasteiger partial charge is 0.306 e. The summed E-state index contributed by atoms with van der Waals surface area (Å²) >= 11 is 0. The summed E-state index contributed by atoms with van der Waals surface area (Å²) in [4.78, 5) is 5.13. The fourth-order valence-electron chi connectivity index (χ4n) is 2.91. The van der Waals surface area contributed by atoms with Crippen LogP contribution in [0.2, 0.25) is 0 Å². The molecule has 0 amide bonds. The third-order valence-electron chi connectivity index (χ3n) is 4.25. The summed E-state index contributed by atoms with van der Waals surface area (Å²) in [6.07, 6.45) is 4.29. The maximum Gasteiger partial charge on any atom is 0.00421 e. The first-order valence-corrected chi connectivity index (χ1v) is 8.04. The molecule has 2 heterocycles. The molecule has 0 aromatic heterocycles. The summed E-state index contributed by atoms with van der Waals surface area (Å²) in [5.74, 6) is 0. The molecule has 2 heteroatoms. The number of hydrogen-bond acceptors (Lipinski definition) is 2. The summed E-state index contributed by atoms with van der Waals surface area (Å²) in [6, 6.07) is 0.744. The second-order valence-electron chi connectivity index (χ2n) is 5.62. The van der Waals surface area contributed by atoms with Crippen LogP contribution in [-0.4, -0.2) is 49.1 Å². The Bertz CT molecular complexity index is 193. The lowest BCUT2D eigenvalue weighted by Gasteiger charge is -2.38. The summed E-state index contributed by atoms with van der Waals surface area (Å²) in [5.41, 5.74) is 0.691. The Kier molecular flexibility index (Phi) is 8.89. The van der Waals surface area contributed by atoms with Gasteiger partial charge in [0, 0.05) is 12.6 Å². The van der Waals surface area contributed by atoms with Crippen molar-refractivity contribution in [3.63, 3.8) is 0 Å². The molecule has 2 nitrogen and oxygen atoms in total. The van der Waals surface area contributed by atoms with Crippen molar-refractivity contribution in [2.75, 3.05) is 33.2 Å². The van der Waals surface area contributed by atoms with Crippen molar-refractivity contribution in [2.45, 2.75) is 66.8 Å². The Morgan fingerprint density at radius 1 is 0.833 bits per heavy atom. The maximum atomic E-state index is 2.66. The molecule has 18 heavy (non-hydrogen) atoms.